The minimum atomic E-state index is -3.21. The van der Waals surface area contributed by atoms with Gasteiger partial charge >= 0.3 is 12.0 Å². The number of halogens is 2. The number of nitrogens with one attached hydrogen (secondary N) is 1. The quantitative estimate of drug-likeness (QED) is 0.740. The maximum Gasteiger partial charge on any atom is 0.337 e. The van der Waals surface area contributed by atoms with Crippen LogP contribution in [0, 0.1) is 0 Å². The molecule has 7 nitrogen and oxygen atoms in total. The number of methoxy groups -OCH3 is 1. The summed E-state index contributed by atoms with van der Waals surface area (Å²) >= 11 is 12.4. The van der Waals surface area contributed by atoms with E-state index in [1.807, 2.05) is 0 Å². The Balaban J connectivity index is 2.11. The van der Waals surface area contributed by atoms with E-state index in [1.54, 1.807) is 25.1 Å². The van der Waals surface area contributed by atoms with Crippen molar-refractivity contribution in [2.24, 2.45) is 0 Å². The fourth-order valence-electron chi connectivity index (χ4n) is 3.53. The third-order valence-electron chi connectivity index (χ3n) is 4.80. The summed E-state index contributed by atoms with van der Waals surface area (Å²) in [7, 11) is -1.98. The zero-order valence-corrected chi connectivity index (χ0v) is 17.0. The Morgan fingerprint density at radius 3 is 2.63 bits per heavy atom. The fourth-order valence-corrected chi connectivity index (χ4v) is 5.64. The molecule has 2 heterocycles. The van der Waals surface area contributed by atoms with Crippen LogP contribution in [0.25, 0.3) is 0 Å². The van der Waals surface area contributed by atoms with E-state index in [9.17, 15) is 18.0 Å². The van der Waals surface area contributed by atoms with Crippen LogP contribution >= 0.6 is 23.2 Å². The normalized spacial score (nSPS) is 24.7. The Labute approximate surface area is 167 Å². The fraction of sp³-hybridized carbons (Fsp3) is 0.412. The summed E-state index contributed by atoms with van der Waals surface area (Å²) in [6.07, 6.45) is 0.310. The van der Waals surface area contributed by atoms with Gasteiger partial charge in [0.2, 0.25) is 0 Å². The second-order valence-corrected chi connectivity index (χ2v) is 9.46. The van der Waals surface area contributed by atoms with Gasteiger partial charge in [0.25, 0.3) is 0 Å². The van der Waals surface area contributed by atoms with Crippen molar-refractivity contribution < 1.29 is 22.7 Å². The first-order valence-electron chi connectivity index (χ1n) is 8.19. The van der Waals surface area contributed by atoms with Gasteiger partial charge in [-0.2, -0.15) is 0 Å². The summed E-state index contributed by atoms with van der Waals surface area (Å²) in [4.78, 5) is 26.6. The van der Waals surface area contributed by atoms with E-state index in [0.29, 0.717) is 17.7 Å². The van der Waals surface area contributed by atoms with E-state index in [-0.39, 0.29) is 27.1 Å². The molecule has 0 spiro atoms. The highest BCUT2D eigenvalue weighted by Crippen LogP contribution is 2.38. The molecule has 10 heteroatoms. The SMILES string of the molecule is COC(=O)C1=C(C)N([C@H]2CCS(=O)(=O)C2)C(=O)N[C@@H]1c1cccc(Cl)c1Cl. The molecule has 3 rings (SSSR count). The number of urea groups is 1. The van der Waals surface area contributed by atoms with E-state index < -0.39 is 33.9 Å². The molecule has 0 unspecified atom stereocenters. The number of amides is 2. The van der Waals surface area contributed by atoms with Gasteiger partial charge in [0.15, 0.2) is 9.84 Å². The smallest absolute Gasteiger partial charge is 0.337 e. The number of nitrogens with zero attached hydrogens (tertiary/aromatic N) is 1. The summed E-state index contributed by atoms with van der Waals surface area (Å²) in [5.41, 5.74) is 0.982. The van der Waals surface area contributed by atoms with Gasteiger partial charge in [-0.25, -0.2) is 18.0 Å². The maximum absolute atomic E-state index is 12.8. The summed E-state index contributed by atoms with van der Waals surface area (Å²) in [6.45, 7) is 1.60. The molecule has 0 saturated carbocycles. The molecule has 0 aromatic heterocycles. The lowest BCUT2D eigenvalue weighted by Crippen LogP contribution is -2.52. The first-order chi connectivity index (χ1) is 12.7. The molecule has 0 radical (unpaired) electrons. The van der Waals surface area contributed by atoms with Crippen LogP contribution in [0.2, 0.25) is 10.0 Å². The van der Waals surface area contributed by atoms with Crippen LogP contribution in [-0.4, -0.2) is 50.0 Å². The molecule has 2 aliphatic heterocycles. The number of sulfone groups is 1. The zero-order chi connectivity index (χ0) is 19.9. The molecule has 2 aliphatic rings. The number of hydrogen-bond acceptors (Lipinski definition) is 5. The molecule has 2 amide bonds. The number of esters is 1. The van der Waals surface area contributed by atoms with Gasteiger partial charge in [0.05, 0.1) is 46.3 Å². The average molecular weight is 433 g/mol. The van der Waals surface area contributed by atoms with Gasteiger partial charge in [0.1, 0.15) is 0 Å². The lowest BCUT2D eigenvalue weighted by atomic mass is 9.94. The molecular formula is C17H18Cl2N2O5S. The van der Waals surface area contributed by atoms with Crippen molar-refractivity contribution in [2.45, 2.75) is 25.4 Å². The average Bonchev–Trinajstić information content (AvgIpc) is 2.95. The Kier molecular flexibility index (Phi) is 5.42. The topological polar surface area (TPSA) is 92.8 Å². The molecule has 2 atom stereocenters. The van der Waals surface area contributed by atoms with Crippen LogP contribution in [0.1, 0.15) is 24.9 Å². The Bertz CT molecular complexity index is 945. The van der Waals surface area contributed by atoms with Gasteiger partial charge in [-0.15, -0.1) is 0 Å². The number of hydrogen-bond donors (Lipinski definition) is 1. The lowest BCUT2D eigenvalue weighted by Gasteiger charge is -2.38. The molecule has 1 saturated heterocycles. The van der Waals surface area contributed by atoms with E-state index in [2.05, 4.69) is 5.32 Å². The number of ether oxygens (including phenoxy) is 1. The highest BCUT2D eigenvalue weighted by molar-refractivity contribution is 7.91. The second kappa shape index (κ2) is 7.33. The highest BCUT2D eigenvalue weighted by Gasteiger charge is 2.43. The van der Waals surface area contributed by atoms with Crippen molar-refractivity contribution in [1.82, 2.24) is 10.2 Å². The van der Waals surface area contributed by atoms with Crippen LogP contribution in [0.5, 0.6) is 0 Å². The van der Waals surface area contributed by atoms with Gasteiger partial charge in [-0.05, 0) is 25.0 Å². The Hall–Kier alpha value is -1.77. The van der Waals surface area contributed by atoms with Gasteiger partial charge in [0, 0.05) is 5.70 Å². The maximum atomic E-state index is 12.8. The van der Waals surface area contributed by atoms with Gasteiger partial charge < -0.3 is 10.1 Å². The molecule has 1 fully saturated rings. The highest BCUT2D eigenvalue weighted by atomic mass is 35.5. The Morgan fingerprint density at radius 1 is 1.33 bits per heavy atom. The third-order valence-corrected chi connectivity index (χ3v) is 7.38. The Morgan fingerprint density at radius 2 is 2.04 bits per heavy atom. The molecule has 1 aromatic carbocycles. The number of carbonyl (C=O) groups is 2. The summed E-state index contributed by atoms with van der Waals surface area (Å²) < 4.78 is 28.6. The zero-order valence-electron chi connectivity index (χ0n) is 14.7. The van der Waals surface area contributed by atoms with Crippen LogP contribution in [0.15, 0.2) is 29.5 Å². The van der Waals surface area contributed by atoms with Crippen molar-refractivity contribution in [3.8, 4) is 0 Å². The second-order valence-electron chi connectivity index (χ2n) is 6.44. The minimum Gasteiger partial charge on any atom is -0.466 e. The van der Waals surface area contributed by atoms with Crippen LogP contribution < -0.4 is 5.32 Å². The number of carbonyl (C=O) groups excluding carboxylic acids is 2. The summed E-state index contributed by atoms with van der Waals surface area (Å²) in [5, 5.41) is 3.25. The predicted molar refractivity (Wildman–Crippen MR) is 101 cm³/mol. The number of rotatable bonds is 3. The molecule has 1 aromatic rings. The minimum absolute atomic E-state index is 0.00579. The van der Waals surface area contributed by atoms with Gasteiger partial charge in [-0.3, -0.25) is 4.90 Å². The van der Waals surface area contributed by atoms with Crippen molar-refractivity contribution in [3.63, 3.8) is 0 Å². The van der Waals surface area contributed by atoms with Crippen molar-refractivity contribution in [3.05, 3.63) is 45.1 Å². The van der Waals surface area contributed by atoms with E-state index in [1.165, 1.54) is 12.0 Å². The number of benzene rings is 1. The number of allylic oxidation sites excluding steroid dienone is 1. The van der Waals surface area contributed by atoms with Gasteiger partial charge in [-0.1, -0.05) is 35.3 Å². The van der Waals surface area contributed by atoms with E-state index >= 15 is 0 Å². The summed E-state index contributed by atoms with van der Waals surface area (Å²) in [5.74, 6) is -0.778. The van der Waals surface area contributed by atoms with Crippen LogP contribution in [0.3, 0.4) is 0 Å². The summed E-state index contributed by atoms with van der Waals surface area (Å²) in [6, 6.07) is 3.03. The molecule has 0 aliphatic carbocycles. The standard InChI is InChI=1S/C17H18Cl2N2O5S/c1-9-13(16(22)26-2)15(11-4-3-5-12(18)14(11)19)20-17(23)21(9)10-6-7-27(24,25)8-10/h3-5,10,15H,6-8H2,1-2H3,(H,20,23)/t10-,15+/m0/s1. The van der Waals surface area contributed by atoms with E-state index in [0.717, 1.165) is 0 Å². The molecule has 1 N–H and O–H groups in total. The third kappa shape index (κ3) is 3.66. The van der Waals surface area contributed by atoms with Crippen molar-refractivity contribution in [1.29, 1.82) is 0 Å². The van der Waals surface area contributed by atoms with E-state index in [4.69, 9.17) is 27.9 Å². The van der Waals surface area contributed by atoms with Crippen LogP contribution in [0.4, 0.5) is 4.79 Å². The largest absolute Gasteiger partial charge is 0.466 e. The predicted octanol–water partition coefficient (Wildman–Crippen LogP) is 2.69. The van der Waals surface area contributed by atoms with Crippen molar-refractivity contribution >= 4 is 45.0 Å². The molecule has 0 bridgehead atoms. The molecular weight excluding hydrogens is 415 g/mol. The van der Waals surface area contributed by atoms with Crippen LogP contribution in [-0.2, 0) is 19.4 Å². The first-order valence-corrected chi connectivity index (χ1v) is 10.8. The first kappa shape index (κ1) is 20.0. The molecule has 146 valence electrons. The lowest BCUT2D eigenvalue weighted by molar-refractivity contribution is -0.136. The monoisotopic (exact) mass is 432 g/mol. The molecule has 27 heavy (non-hydrogen) atoms. The van der Waals surface area contributed by atoms with Crippen molar-refractivity contribution in [2.75, 3.05) is 18.6 Å².